The molecule has 1 aromatic heterocycles. The van der Waals surface area contributed by atoms with Crippen molar-refractivity contribution >= 4 is 28.6 Å². The molecule has 0 aliphatic heterocycles. The SMILES string of the molecule is CC12CCC(C1)C(C)(C)C2n1c(N)nc2cc(Cl)ccc21. The number of fused-ring (bicyclic) bond motifs is 3. The molecule has 1 heterocycles. The fraction of sp³-hybridized carbons (Fsp3) is 0.588. The lowest BCUT2D eigenvalue weighted by molar-refractivity contribution is 0.0882. The first-order valence-corrected chi connectivity index (χ1v) is 8.14. The van der Waals surface area contributed by atoms with Gasteiger partial charge in [-0.1, -0.05) is 32.4 Å². The van der Waals surface area contributed by atoms with E-state index in [1.54, 1.807) is 0 Å². The van der Waals surface area contributed by atoms with Crippen molar-refractivity contribution in [2.45, 2.75) is 46.1 Å². The summed E-state index contributed by atoms with van der Waals surface area (Å²) in [4.78, 5) is 4.56. The zero-order valence-electron chi connectivity index (χ0n) is 12.9. The summed E-state index contributed by atoms with van der Waals surface area (Å²) in [5, 5.41) is 0.713. The molecule has 2 saturated carbocycles. The third-order valence-electron chi connectivity index (χ3n) is 6.13. The van der Waals surface area contributed by atoms with Crippen molar-refractivity contribution in [3.63, 3.8) is 0 Å². The zero-order chi connectivity index (χ0) is 15.0. The third-order valence-corrected chi connectivity index (χ3v) is 6.37. The van der Waals surface area contributed by atoms with Gasteiger partial charge < -0.3 is 10.3 Å². The smallest absolute Gasteiger partial charge is 0.201 e. The van der Waals surface area contributed by atoms with Gasteiger partial charge in [0.05, 0.1) is 11.0 Å². The second kappa shape index (κ2) is 3.95. The van der Waals surface area contributed by atoms with E-state index in [4.69, 9.17) is 17.3 Å². The van der Waals surface area contributed by atoms with Crippen LogP contribution in [0.15, 0.2) is 18.2 Å². The van der Waals surface area contributed by atoms with Crippen molar-refractivity contribution in [3.8, 4) is 0 Å². The first kappa shape index (κ1) is 13.4. The molecule has 1 aromatic carbocycles. The number of nitrogens with two attached hydrogens (primary N) is 1. The first-order chi connectivity index (χ1) is 9.83. The Bertz CT molecular complexity index is 728. The van der Waals surface area contributed by atoms with E-state index in [1.165, 1.54) is 19.3 Å². The minimum absolute atomic E-state index is 0.258. The van der Waals surface area contributed by atoms with Crippen LogP contribution < -0.4 is 5.73 Å². The standard InChI is InChI=1S/C17H22ClN3/c1-16(2)10-6-7-17(3,9-10)14(16)21-13-5-4-11(18)8-12(13)20-15(21)19/h4-5,8,10,14H,6-7,9H2,1-3H3,(H2,19,20). The number of nitrogen functional groups attached to an aromatic ring is 1. The Morgan fingerprint density at radius 3 is 2.76 bits per heavy atom. The molecular weight excluding hydrogens is 282 g/mol. The van der Waals surface area contributed by atoms with E-state index in [0.29, 0.717) is 22.4 Å². The second-order valence-electron chi connectivity index (χ2n) is 7.79. The van der Waals surface area contributed by atoms with Crippen LogP contribution in [0.3, 0.4) is 0 Å². The van der Waals surface area contributed by atoms with Crippen LogP contribution in [-0.4, -0.2) is 9.55 Å². The van der Waals surface area contributed by atoms with Crippen LogP contribution in [0.2, 0.25) is 5.02 Å². The normalized spacial score (nSPS) is 33.9. The van der Waals surface area contributed by atoms with Crippen molar-refractivity contribution in [2.75, 3.05) is 5.73 Å². The summed E-state index contributed by atoms with van der Waals surface area (Å²) < 4.78 is 2.28. The second-order valence-corrected chi connectivity index (χ2v) is 8.23. The van der Waals surface area contributed by atoms with Gasteiger partial charge in [0, 0.05) is 11.1 Å². The molecular formula is C17H22ClN3. The Hall–Kier alpha value is -1.22. The number of halogens is 1. The number of aromatic nitrogens is 2. The summed E-state index contributed by atoms with van der Waals surface area (Å²) in [7, 11) is 0. The number of benzene rings is 1. The molecule has 3 atom stereocenters. The van der Waals surface area contributed by atoms with Gasteiger partial charge in [0.25, 0.3) is 0 Å². The molecule has 112 valence electrons. The lowest BCUT2D eigenvalue weighted by atomic mass is 9.68. The van der Waals surface area contributed by atoms with Crippen LogP contribution in [0.25, 0.3) is 11.0 Å². The van der Waals surface area contributed by atoms with E-state index < -0.39 is 0 Å². The van der Waals surface area contributed by atoms with Gasteiger partial charge in [-0.2, -0.15) is 0 Å². The monoisotopic (exact) mass is 303 g/mol. The van der Waals surface area contributed by atoms with E-state index in [2.05, 4.69) is 36.4 Å². The van der Waals surface area contributed by atoms with Gasteiger partial charge in [-0.05, 0) is 54.2 Å². The maximum atomic E-state index is 6.30. The molecule has 2 aliphatic carbocycles. The Labute approximate surface area is 130 Å². The number of hydrogen-bond donors (Lipinski definition) is 1. The Morgan fingerprint density at radius 1 is 1.33 bits per heavy atom. The van der Waals surface area contributed by atoms with E-state index >= 15 is 0 Å². The van der Waals surface area contributed by atoms with Crippen LogP contribution in [0.4, 0.5) is 5.95 Å². The summed E-state index contributed by atoms with van der Waals surface area (Å²) in [6.07, 6.45) is 3.94. The Balaban J connectivity index is 1.96. The minimum Gasteiger partial charge on any atom is -0.369 e. The van der Waals surface area contributed by atoms with Gasteiger partial charge in [-0.3, -0.25) is 0 Å². The Morgan fingerprint density at radius 2 is 2.10 bits per heavy atom. The largest absolute Gasteiger partial charge is 0.369 e. The summed E-state index contributed by atoms with van der Waals surface area (Å²) in [5.41, 5.74) is 8.91. The van der Waals surface area contributed by atoms with Crippen molar-refractivity contribution < 1.29 is 0 Å². The molecule has 3 nitrogen and oxygen atoms in total. The topological polar surface area (TPSA) is 43.8 Å². The number of nitrogens with zero attached hydrogens (tertiary/aromatic N) is 2. The van der Waals surface area contributed by atoms with E-state index in [1.807, 2.05) is 12.1 Å². The average molecular weight is 304 g/mol. The predicted molar refractivity (Wildman–Crippen MR) is 87.4 cm³/mol. The number of hydrogen-bond acceptors (Lipinski definition) is 2. The molecule has 4 heteroatoms. The first-order valence-electron chi connectivity index (χ1n) is 7.76. The lowest BCUT2D eigenvalue weighted by Gasteiger charge is -2.44. The van der Waals surface area contributed by atoms with Crippen molar-refractivity contribution in [3.05, 3.63) is 23.2 Å². The molecule has 2 fully saturated rings. The minimum atomic E-state index is 0.258. The van der Waals surface area contributed by atoms with E-state index in [-0.39, 0.29) is 5.41 Å². The zero-order valence-corrected chi connectivity index (χ0v) is 13.6. The molecule has 3 unspecified atom stereocenters. The lowest BCUT2D eigenvalue weighted by Crippen LogP contribution is -2.37. The highest BCUT2D eigenvalue weighted by Gasteiger charge is 2.60. The molecule has 0 saturated heterocycles. The van der Waals surface area contributed by atoms with Gasteiger partial charge in [0.15, 0.2) is 0 Å². The summed E-state index contributed by atoms with van der Waals surface area (Å²) in [5.74, 6) is 1.41. The predicted octanol–water partition coefficient (Wildman–Crippen LogP) is 4.66. The van der Waals surface area contributed by atoms with Crippen molar-refractivity contribution in [1.29, 1.82) is 0 Å². The van der Waals surface area contributed by atoms with Crippen molar-refractivity contribution in [2.24, 2.45) is 16.7 Å². The number of rotatable bonds is 1. The molecule has 2 aliphatic rings. The van der Waals surface area contributed by atoms with Gasteiger partial charge in [-0.15, -0.1) is 0 Å². The highest BCUT2D eigenvalue weighted by Crippen LogP contribution is 2.68. The van der Waals surface area contributed by atoms with Crippen LogP contribution in [-0.2, 0) is 0 Å². The molecule has 4 rings (SSSR count). The molecule has 2 aromatic rings. The molecule has 0 radical (unpaired) electrons. The number of imidazole rings is 1. The highest BCUT2D eigenvalue weighted by atomic mass is 35.5. The molecule has 0 amide bonds. The number of anilines is 1. The summed E-state index contributed by atoms with van der Waals surface area (Å²) in [6, 6.07) is 6.32. The maximum absolute atomic E-state index is 6.30. The average Bonchev–Trinajstić information content (AvgIpc) is 2.97. The van der Waals surface area contributed by atoms with Gasteiger partial charge in [0.1, 0.15) is 0 Å². The van der Waals surface area contributed by atoms with Gasteiger partial charge in [-0.25, -0.2) is 4.98 Å². The molecule has 21 heavy (non-hydrogen) atoms. The fourth-order valence-corrected chi connectivity index (χ4v) is 5.45. The highest BCUT2D eigenvalue weighted by molar-refractivity contribution is 6.31. The van der Waals surface area contributed by atoms with Crippen LogP contribution in [0, 0.1) is 16.7 Å². The third kappa shape index (κ3) is 1.64. The maximum Gasteiger partial charge on any atom is 0.201 e. The van der Waals surface area contributed by atoms with Gasteiger partial charge in [0.2, 0.25) is 5.95 Å². The van der Waals surface area contributed by atoms with Crippen LogP contribution in [0.1, 0.15) is 46.1 Å². The Kier molecular flexibility index (Phi) is 2.53. The van der Waals surface area contributed by atoms with E-state index in [9.17, 15) is 0 Å². The van der Waals surface area contributed by atoms with Crippen LogP contribution >= 0.6 is 11.6 Å². The fourth-order valence-electron chi connectivity index (χ4n) is 5.28. The quantitative estimate of drug-likeness (QED) is 0.832. The van der Waals surface area contributed by atoms with E-state index in [0.717, 1.165) is 17.0 Å². The molecule has 2 N–H and O–H groups in total. The molecule has 0 spiro atoms. The molecule has 2 bridgehead atoms. The summed E-state index contributed by atoms with van der Waals surface area (Å²) >= 11 is 6.10. The summed E-state index contributed by atoms with van der Waals surface area (Å²) in [6.45, 7) is 7.22. The van der Waals surface area contributed by atoms with Gasteiger partial charge >= 0.3 is 0 Å². The van der Waals surface area contributed by atoms with Crippen LogP contribution in [0.5, 0.6) is 0 Å². The van der Waals surface area contributed by atoms with Crippen molar-refractivity contribution in [1.82, 2.24) is 9.55 Å².